The summed E-state index contributed by atoms with van der Waals surface area (Å²) < 4.78 is 0. The van der Waals surface area contributed by atoms with Gasteiger partial charge in [-0.25, -0.2) is 0 Å². The van der Waals surface area contributed by atoms with Crippen molar-refractivity contribution in [3.8, 4) is 0 Å². The van der Waals surface area contributed by atoms with E-state index in [1.54, 1.807) is 0 Å². The molecule has 4 saturated carbocycles. The van der Waals surface area contributed by atoms with Gasteiger partial charge in [0.1, 0.15) is 11.6 Å². The fourth-order valence-corrected chi connectivity index (χ4v) is 7.14. The summed E-state index contributed by atoms with van der Waals surface area (Å²) >= 11 is 0. The summed E-state index contributed by atoms with van der Waals surface area (Å²) in [7, 11) is 0. The van der Waals surface area contributed by atoms with Crippen molar-refractivity contribution in [3.05, 3.63) is 0 Å². The maximum absolute atomic E-state index is 13.3. The number of ketones is 2. The van der Waals surface area contributed by atoms with E-state index in [0.29, 0.717) is 23.4 Å². The topological polar surface area (TPSA) is 34.1 Å². The third-order valence-electron chi connectivity index (χ3n) is 9.56. The van der Waals surface area contributed by atoms with Gasteiger partial charge in [-0.1, -0.05) is 41.5 Å². The smallest absolute Gasteiger partial charge is 0.143 e. The molecule has 4 aliphatic rings. The van der Waals surface area contributed by atoms with E-state index in [1.165, 1.54) is 0 Å². The Morgan fingerprint density at radius 1 is 0.682 bits per heavy atom. The summed E-state index contributed by atoms with van der Waals surface area (Å²) in [5.41, 5.74) is -0.283. The first kappa shape index (κ1) is 14.9. The van der Waals surface area contributed by atoms with E-state index in [1.807, 2.05) is 0 Å². The Hall–Kier alpha value is -0.660. The van der Waals surface area contributed by atoms with Gasteiger partial charge in [-0.3, -0.25) is 9.59 Å². The number of carbonyl (C=O) groups excluding carboxylic acids is 2. The largest absolute Gasteiger partial charge is 0.299 e. The van der Waals surface area contributed by atoms with Crippen molar-refractivity contribution in [2.75, 3.05) is 0 Å². The first-order valence-corrected chi connectivity index (χ1v) is 9.09. The van der Waals surface area contributed by atoms with Crippen molar-refractivity contribution in [2.45, 2.75) is 67.2 Å². The number of hydrogen-bond donors (Lipinski definition) is 0. The lowest BCUT2D eigenvalue weighted by Gasteiger charge is -2.34. The number of carbonyl (C=O) groups is 2. The second kappa shape index (κ2) is 3.70. The molecule has 22 heavy (non-hydrogen) atoms. The Bertz CT molecular complexity index is 535. The van der Waals surface area contributed by atoms with E-state index >= 15 is 0 Å². The lowest BCUT2D eigenvalue weighted by Crippen LogP contribution is -2.41. The third-order valence-corrected chi connectivity index (χ3v) is 9.56. The second-order valence-corrected chi connectivity index (χ2v) is 10.2. The molecule has 0 unspecified atom stereocenters. The molecule has 0 amide bonds. The van der Waals surface area contributed by atoms with Crippen molar-refractivity contribution in [1.82, 2.24) is 0 Å². The molecular formula is C20H30O2. The Morgan fingerprint density at radius 2 is 1.00 bits per heavy atom. The minimum absolute atomic E-state index is 0.00708. The van der Waals surface area contributed by atoms with Gasteiger partial charge in [-0.15, -0.1) is 0 Å². The summed E-state index contributed by atoms with van der Waals surface area (Å²) in [6, 6.07) is 0. The van der Waals surface area contributed by atoms with Crippen molar-refractivity contribution in [1.29, 1.82) is 0 Å². The zero-order chi connectivity index (χ0) is 16.3. The highest BCUT2D eigenvalue weighted by molar-refractivity contribution is 6.00. The number of rotatable bonds is 1. The molecule has 0 aliphatic heterocycles. The zero-order valence-electron chi connectivity index (χ0n) is 15.0. The Kier molecular flexibility index (Phi) is 2.51. The van der Waals surface area contributed by atoms with Crippen LogP contribution in [0.15, 0.2) is 0 Å². The molecule has 4 aliphatic carbocycles. The Morgan fingerprint density at radius 3 is 1.23 bits per heavy atom. The Balaban J connectivity index is 1.80. The van der Waals surface area contributed by atoms with Gasteiger partial charge in [0.25, 0.3) is 0 Å². The van der Waals surface area contributed by atoms with E-state index in [-0.39, 0.29) is 33.5 Å². The highest BCUT2D eigenvalue weighted by Gasteiger charge is 2.74. The average molecular weight is 302 g/mol. The first-order chi connectivity index (χ1) is 10.00. The van der Waals surface area contributed by atoms with Crippen molar-refractivity contribution in [3.63, 3.8) is 0 Å². The molecule has 0 aromatic heterocycles. The molecule has 122 valence electrons. The van der Waals surface area contributed by atoms with Gasteiger partial charge in [0.15, 0.2) is 0 Å². The molecule has 0 radical (unpaired) electrons. The van der Waals surface area contributed by atoms with Gasteiger partial charge >= 0.3 is 0 Å². The van der Waals surface area contributed by atoms with E-state index < -0.39 is 0 Å². The standard InChI is InChI=1S/C20H30O2/c1-17(2)11-7-9-19(17,5)15(21)13(11)14-12-8-10-20(6,16(14)22)18(12,3)4/h11-14H,7-10H2,1-6H3/t11-,12+,13-,14-,19+,20+/m0/s1. The van der Waals surface area contributed by atoms with Crippen LogP contribution >= 0.6 is 0 Å². The monoisotopic (exact) mass is 302 g/mol. The van der Waals surface area contributed by atoms with Crippen LogP contribution in [-0.2, 0) is 9.59 Å². The SMILES string of the molecule is CC1(C)[C@@H]2CC[C@]1(C)C(=O)[C@@H]2[C@H]1C(=O)[C@@]2(C)CC[C@@H]1C2(C)C. The average Bonchev–Trinajstić information content (AvgIpc) is 2.90. The molecule has 6 atom stereocenters. The minimum atomic E-state index is -0.199. The highest BCUT2D eigenvalue weighted by Crippen LogP contribution is 2.73. The molecule has 0 spiro atoms. The summed E-state index contributed by atoms with van der Waals surface area (Å²) in [4.78, 5) is 26.6. The molecule has 4 bridgehead atoms. The second-order valence-electron chi connectivity index (χ2n) is 10.2. The predicted octanol–water partition coefficient (Wildman–Crippen LogP) is 4.27. The van der Waals surface area contributed by atoms with Crippen LogP contribution in [0.4, 0.5) is 0 Å². The van der Waals surface area contributed by atoms with Crippen LogP contribution in [0.25, 0.3) is 0 Å². The fourth-order valence-electron chi connectivity index (χ4n) is 7.14. The Labute approximate surface area is 134 Å². The van der Waals surface area contributed by atoms with Crippen LogP contribution in [0.3, 0.4) is 0 Å². The van der Waals surface area contributed by atoms with E-state index in [9.17, 15) is 9.59 Å². The molecule has 4 rings (SSSR count). The molecule has 2 heteroatoms. The van der Waals surface area contributed by atoms with Gasteiger partial charge in [-0.2, -0.15) is 0 Å². The van der Waals surface area contributed by atoms with Crippen LogP contribution < -0.4 is 0 Å². The number of hydrogen-bond acceptors (Lipinski definition) is 2. The number of fused-ring (bicyclic) bond motifs is 4. The predicted molar refractivity (Wildman–Crippen MR) is 86.2 cm³/mol. The van der Waals surface area contributed by atoms with E-state index in [0.717, 1.165) is 25.7 Å². The molecule has 0 saturated heterocycles. The van der Waals surface area contributed by atoms with E-state index in [4.69, 9.17) is 0 Å². The lowest BCUT2D eigenvalue weighted by molar-refractivity contribution is -0.141. The van der Waals surface area contributed by atoms with Gasteiger partial charge in [0.05, 0.1) is 0 Å². The van der Waals surface area contributed by atoms with E-state index in [2.05, 4.69) is 41.5 Å². The summed E-state index contributed by atoms with van der Waals surface area (Å²) in [6.07, 6.45) is 4.31. The lowest BCUT2D eigenvalue weighted by atomic mass is 9.67. The molecular weight excluding hydrogens is 272 g/mol. The maximum atomic E-state index is 13.3. The first-order valence-electron chi connectivity index (χ1n) is 9.09. The van der Waals surface area contributed by atoms with Gasteiger partial charge in [-0.05, 0) is 48.3 Å². The van der Waals surface area contributed by atoms with Crippen LogP contribution in [-0.4, -0.2) is 11.6 Å². The van der Waals surface area contributed by atoms with Crippen LogP contribution in [0, 0.1) is 45.3 Å². The normalized spacial score (nSPS) is 54.5. The van der Waals surface area contributed by atoms with Gasteiger partial charge in [0, 0.05) is 22.7 Å². The van der Waals surface area contributed by atoms with Crippen LogP contribution in [0.2, 0.25) is 0 Å². The summed E-state index contributed by atoms with van der Waals surface area (Å²) in [5, 5.41) is 0. The molecule has 0 aromatic carbocycles. The third kappa shape index (κ3) is 1.21. The fraction of sp³-hybridized carbons (Fsp3) is 0.900. The zero-order valence-corrected chi connectivity index (χ0v) is 15.0. The van der Waals surface area contributed by atoms with Crippen LogP contribution in [0.1, 0.15) is 67.2 Å². The van der Waals surface area contributed by atoms with Crippen molar-refractivity contribution < 1.29 is 9.59 Å². The quantitative estimate of drug-likeness (QED) is 0.725. The van der Waals surface area contributed by atoms with Gasteiger partial charge in [0.2, 0.25) is 0 Å². The summed E-state index contributed by atoms with van der Waals surface area (Å²) in [6.45, 7) is 13.4. The molecule has 0 N–H and O–H groups in total. The number of Topliss-reactive ketones (excluding diaryl/α,β-unsaturated/α-hetero) is 2. The maximum Gasteiger partial charge on any atom is 0.143 e. The van der Waals surface area contributed by atoms with Crippen molar-refractivity contribution >= 4 is 11.6 Å². The summed E-state index contributed by atoms with van der Waals surface area (Å²) in [5.74, 6) is 1.67. The van der Waals surface area contributed by atoms with Crippen molar-refractivity contribution in [2.24, 2.45) is 45.3 Å². The highest BCUT2D eigenvalue weighted by atomic mass is 16.1. The molecule has 0 heterocycles. The van der Waals surface area contributed by atoms with Crippen LogP contribution in [0.5, 0.6) is 0 Å². The molecule has 2 nitrogen and oxygen atoms in total. The molecule has 0 aromatic rings. The van der Waals surface area contributed by atoms with Gasteiger partial charge < -0.3 is 0 Å². The molecule has 4 fully saturated rings. The minimum Gasteiger partial charge on any atom is -0.299 e.